The van der Waals surface area contributed by atoms with Crippen LogP contribution in [0.3, 0.4) is 0 Å². The Labute approximate surface area is 176 Å². The summed E-state index contributed by atoms with van der Waals surface area (Å²) >= 11 is 0. The van der Waals surface area contributed by atoms with Gasteiger partial charge in [-0.15, -0.1) is 0 Å². The minimum atomic E-state index is -1.75. The normalized spacial score (nSPS) is 4.80. The third kappa shape index (κ3) is 1260. The van der Waals surface area contributed by atoms with E-state index in [1.54, 1.807) is 0 Å². The molecule has 0 aliphatic carbocycles. The summed E-state index contributed by atoms with van der Waals surface area (Å²) in [5, 5.41) is 44.2. The number of hydrogen-bond donors (Lipinski definition) is 0. The summed E-state index contributed by atoms with van der Waals surface area (Å²) in [6, 6.07) is 0. The van der Waals surface area contributed by atoms with Crippen LogP contribution in [0.4, 0.5) is 0 Å². The van der Waals surface area contributed by atoms with Gasteiger partial charge in [0.05, 0.1) is 15.3 Å². The zero-order valence-corrected chi connectivity index (χ0v) is 15.1. The molecule has 0 fully saturated rings. The van der Waals surface area contributed by atoms with E-state index in [1.807, 2.05) is 0 Å². The SMILES string of the molecule is O=[N+]([O-])[O-].O=[N+]([O-])[O-].O=[N+]([O-])[O-].[Ca+2].[K+].[Na+]. The molecule has 0 N–H and O–H groups in total. The Morgan fingerprint density at radius 2 is 0.600 bits per heavy atom. The van der Waals surface area contributed by atoms with Crippen molar-refractivity contribution < 1.29 is 96.2 Å². The van der Waals surface area contributed by atoms with Gasteiger partial charge in [-0.05, 0) is 0 Å². The van der Waals surface area contributed by atoms with Crippen molar-refractivity contribution in [3.63, 3.8) is 0 Å². The second-order valence-electron chi connectivity index (χ2n) is 0.671. The number of nitrogens with zero attached hydrogens (tertiary/aromatic N) is 3. The quantitative estimate of drug-likeness (QED) is 0.236. The van der Waals surface area contributed by atoms with Crippen LogP contribution in [-0.4, -0.2) is 53.0 Å². The van der Waals surface area contributed by atoms with Gasteiger partial charge in [-0.1, -0.05) is 0 Å². The number of hydrogen-bond acceptors (Lipinski definition) is 9. The molecule has 0 atom stereocenters. The second-order valence-corrected chi connectivity index (χ2v) is 0.671. The third-order valence-corrected chi connectivity index (χ3v) is 0. The first kappa shape index (κ1) is 36.0. The van der Waals surface area contributed by atoms with Gasteiger partial charge in [-0.3, -0.25) is 0 Å². The van der Waals surface area contributed by atoms with Crippen LogP contribution in [0.5, 0.6) is 0 Å². The van der Waals surface area contributed by atoms with Gasteiger partial charge in [-0.2, -0.15) is 0 Å². The Bertz CT molecular complexity index is 123. The summed E-state index contributed by atoms with van der Waals surface area (Å²) < 4.78 is 0. The van der Waals surface area contributed by atoms with Crippen molar-refractivity contribution in [2.24, 2.45) is 0 Å². The van der Waals surface area contributed by atoms with Crippen LogP contribution in [0.15, 0.2) is 0 Å². The largest absolute Gasteiger partial charge is 2.00 e. The molecule has 15 heteroatoms. The molecular weight excluding hydrogens is 288 g/mol. The van der Waals surface area contributed by atoms with Crippen LogP contribution in [0.2, 0.25) is 0 Å². The molecule has 0 aliphatic heterocycles. The van der Waals surface area contributed by atoms with Crippen LogP contribution < -0.4 is 80.9 Å². The smallest absolute Gasteiger partial charge is 0.356 e. The van der Waals surface area contributed by atoms with Crippen molar-refractivity contribution in [2.45, 2.75) is 0 Å². The summed E-state index contributed by atoms with van der Waals surface area (Å²) in [5.41, 5.74) is 0. The van der Waals surface area contributed by atoms with E-state index in [1.165, 1.54) is 0 Å². The fourth-order valence-corrected chi connectivity index (χ4v) is 0. The molecule has 0 saturated carbocycles. The maximum absolute atomic E-state index is 8.25. The zero-order chi connectivity index (χ0) is 10.7. The van der Waals surface area contributed by atoms with Gasteiger partial charge in [-0.25, -0.2) is 0 Å². The third-order valence-electron chi connectivity index (χ3n) is 0. The summed E-state index contributed by atoms with van der Waals surface area (Å²) in [6.45, 7) is 0. The average Bonchev–Trinajstić information content (AvgIpc) is 1.54. The maximum Gasteiger partial charge on any atom is 2.00 e. The van der Waals surface area contributed by atoms with Gasteiger partial charge < -0.3 is 46.0 Å². The van der Waals surface area contributed by atoms with Gasteiger partial charge in [0.25, 0.3) is 0 Å². The first-order valence-electron chi connectivity index (χ1n) is 1.64. The van der Waals surface area contributed by atoms with Crippen molar-refractivity contribution in [2.75, 3.05) is 0 Å². The van der Waals surface area contributed by atoms with E-state index in [0.29, 0.717) is 0 Å². The maximum atomic E-state index is 8.25. The van der Waals surface area contributed by atoms with Gasteiger partial charge in [0.1, 0.15) is 0 Å². The molecule has 72 valence electrons. The molecule has 12 nitrogen and oxygen atoms in total. The molecule has 0 saturated heterocycles. The monoisotopic (exact) mass is 288 g/mol. The van der Waals surface area contributed by atoms with Crippen LogP contribution in [0.25, 0.3) is 0 Å². The van der Waals surface area contributed by atoms with E-state index < -0.39 is 15.3 Å². The Morgan fingerprint density at radius 1 is 0.600 bits per heavy atom. The van der Waals surface area contributed by atoms with Gasteiger partial charge >= 0.3 is 119 Å². The first-order valence-corrected chi connectivity index (χ1v) is 1.64. The molecule has 0 rings (SSSR count). The summed E-state index contributed by atoms with van der Waals surface area (Å²) in [6.07, 6.45) is 0. The molecule has 15 heavy (non-hydrogen) atoms. The van der Waals surface area contributed by atoms with Crippen molar-refractivity contribution in [1.82, 2.24) is 0 Å². The average molecular weight is 288 g/mol. The Hall–Kier alpha value is 1.50. The predicted octanol–water partition coefficient (Wildman–Crippen LogP) is -7.09. The van der Waals surface area contributed by atoms with E-state index in [9.17, 15) is 0 Å². The Balaban J connectivity index is -0.0000000184. The van der Waals surface area contributed by atoms with Crippen molar-refractivity contribution in [1.29, 1.82) is 0 Å². The minimum absolute atomic E-state index is 0. The molecule has 0 aromatic rings. The molecule has 0 aliphatic rings. The standard InChI is InChI=1S/Ca.K.3NO3.Na/c;;3*2-1(3)4;/q+2;+1;3*-1;+1. The van der Waals surface area contributed by atoms with Crippen LogP contribution >= 0.6 is 0 Å². The van der Waals surface area contributed by atoms with Crippen LogP contribution in [0.1, 0.15) is 0 Å². The Kier molecular flexibility index (Phi) is 70.9. The van der Waals surface area contributed by atoms with Crippen molar-refractivity contribution >= 4 is 37.7 Å². The van der Waals surface area contributed by atoms with Crippen LogP contribution in [-0.2, 0) is 0 Å². The van der Waals surface area contributed by atoms with Crippen molar-refractivity contribution in [3.8, 4) is 0 Å². The van der Waals surface area contributed by atoms with E-state index in [2.05, 4.69) is 0 Å². The molecule has 0 spiro atoms. The fourth-order valence-electron chi connectivity index (χ4n) is 0. The molecule has 0 amide bonds. The van der Waals surface area contributed by atoms with E-state index in [-0.39, 0.29) is 119 Å². The van der Waals surface area contributed by atoms with E-state index in [4.69, 9.17) is 46.0 Å². The van der Waals surface area contributed by atoms with Gasteiger partial charge in [0, 0.05) is 0 Å². The molecular formula is CaKN3NaO9+. The second kappa shape index (κ2) is 29.6. The molecule has 0 bridgehead atoms. The molecule has 0 heterocycles. The van der Waals surface area contributed by atoms with Crippen LogP contribution in [0, 0.1) is 46.0 Å². The molecule has 0 aromatic heterocycles. The number of rotatable bonds is 0. The predicted molar refractivity (Wildman–Crippen MR) is 36.8 cm³/mol. The topological polar surface area (TPSA) is 199 Å². The molecule has 0 aromatic carbocycles. The summed E-state index contributed by atoms with van der Waals surface area (Å²) in [5.74, 6) is 0. The van der Waals surface area contributed by atoms with Gasteiger partial charge in [0.2, 0.25) is 0 Å². The summed E-state index contributed by atoms with van der Waals surface area (Å²) in [4.78, 5) is 24.8. The van der Waals surface area contributed by atoms with E-state index >= 15 is 0 Å². The van der Waals surface area contributed by atoms with Crippen molar-refractivity contribution in [3.05, 3.63) is 46.0 Å². The molecule has 0 unspecified atom stereocenters. The van der Waals surface area contributed by atoms with Gasteiger partial charge in [0.15, 0.2) is 0 Å². The van der Waals surface area contributed by atoms with E-state index in [0.717, 1.165) is 0 Å². The zero-order valence-electron chi connectivity index (χ0n) is 7.72. The Morgan fingerprint density at radius 3 is 0.600 bits per heavy atom. The minimum Gasteiger partial charge on any atom is -0.356 e. The summed E-state index contributed by atoms with van der Waals surface area (Å²) in [7, 11) is 0. The fraction of sp³-hybridized carbons (Fsp3) is 0. The first-order chi connectivity index (χ1) is 5.20. The molecule has 0 radical (unpaired) electrons.